The fourth-order valence-electron chi connectivity index (χ4n) is 1.12. The van der Waals surface area contributed by atoms with Crippen LogP contribution >= 0.6 is 0 Å². The van der Waals surface area contributed by atoms with Crippen LogP contribution in [0.15, 0.2) is 18.2 Å². The third-order valence-electron chi connectivity index (χ3n) is 2.01. The molecule has 1 rings (SSSR count). The maximum atomic E-state index is 12.7. The highest BCUT2D eigenvalue weighted by atomic mass is 19.2. The van der Waals surface area contributed by atoms with Crippen LogP contribution in [0, 0.1) is 17.6 Å². The molecule has 1 aromatic carbocycles. The normalized spacial score (nSPS) is 12.5. The molecule has 4 heteroatoms. The van der Waals surface area contributed by atoms with Crippen LogP contribution in [0.25, 0.3) is 0 Å². The molecule has 0 aliphatic rings. The molecule has 0 fully saturated rings. The zero-order chi connectivity index (χ0) is 10.7. The van der Waals surface area contributed by atoms with Gasteiger partial charge >= 0.3 is 0 Å². The Morgan fingerprint density at radius 2 is 2.07 bits per heavy atom. The predicted octanol–water partition coefficient (Wildman–Crippen LogP) is 1.63. The zero-order valence-electron chi connectivity index (χ0n) is 7.76. The van der Waals surface area contributed by atoms with Gasteiger partial charge < -0.3 is 5.73 Å². The van der Waals surface area contributed by atoms with Crippen LogP contribution in [0.4, 0.5) is 8.78 Å². The summed E-state index contributed by atoms with van der Waals surface area (Å²) < 4.78 is 25.3. The smallest absolute Gasteiger partial charge is 0.220 e. The molecular formula is C10H11F2NO. The van der Waals surface area contributed by atoms with E-state index < -0.39 is 17.5 Å². The number of halogens is 2. The van der Waals surface area contributed by atoms with Gasteiger partial charge in [0.15, 0.2) is 11.6 Å². The largest absolute Gasteiger partial charge is 0.369 e. The maximum Gasteiger partial charge on any atom is 0.220 e. The molecule has 1 atom stereocenters. The van der Waals surface area contributed by atoms with Crippen LogP contribution in [0.3, 0.4) is 0 Å². The second-order valence-electron chi connectivity index (χ2n) is 3.26. The van der Waals surface area contributed by atoms with E-state index in [2.05, 4.69) is 0 Å². The fraction of sp³-hybridized carbons (Fsp3) is 0.300. The first-order valence-electron chi connectivity index (χ1n) is 4.24. The van der Waals surface area contributed by atoms with Crippen molar-refractivity contribution >= 4 is 5.91 Å². The number of hydrogen-bond acceptors (Lipinski definition) is 1. The molecule has 1 aromatic rings. The van der Waals surface area contributed by atoms with Gasteiger partial charge in [-0.3, -0.25) is 4.79 Å². The summed E-state index contributed by atoms with van der Waals surface area (Å²) in [4.78, 5) is 10.7. The van der Waals surface area contributed by atoms with E-state index in [1.54, 1.807) is 6.92 Å². The lowest BCUT2D eigenvalue weighted by Gasteiger charge is -2.06. The van der Waals surface area contributed by atoms with Gasteiger partial charge in [-0.1, -0.05) is 13.0 Å². The van der Waals surface area contributed by atoms with E-state index in [4.69, 9.17) is 5.73 Å². The second kappa shape index (κ2) is 4.17. The van der Waals surface area contributed by atoms with Gasteiger partial charge in [-0.2, -0.15) is 0 Å². The van der Waals surface area contributed by atoms with Crippen LogP contribution in [0.2, 0.25) is 0 Å². The molecule has 0 bridgehead atoms. The van der Waals surface area contributed by atoms with E-state index >= 15 is 0 Å². The number of hydrogen-bond donors (Lipinski definition) is 1. The lowest BCUT2D eigenvalue weighted by Crippen LogP contribution is -2.22. The molecule has 2 N–H and O–H groups in total. The van der Waals surface area contributed by atoms with Gasteiger partial charge in [-0.05, 0) is 24.1 Å². The molecule has 0 aliphatic heterocycles. The average molecular weight is 199 g/mol. The van der Waals surface area contributed by atoms with E-state index in [9.17, 15) is 13.6 Å². The molecule has 1 unspecified atom stereocenters. The number of amides is 1. The molecule has 2 nitrogen and oxygen atoms in total. The molecule has 0 saturated carbocycles. The van der Waals surface area contributed by atoms with Crippen molar-refractivity contribution in [2.24, 2.45) is 11.7 Å². The lowest BCUT2D eigenvalue weighted by atomic mass is 10.0. The molecule has 0 radical (unpaired) electrons. The highest BCUT2D eigenvalue weighted by molar-refractivity contribution is 5.76. The quantitative estimate of drug-likeness (QED) is 0.789. The molecule has 14 heavy (non-hydrogen) atoms. The molecule has 1 amide bonds. The van der Waals surface area contributed by atoms with Crippen LogP contribution in [-0.4, -0.2) is 5.91 Å². The van der Waals surface area contributed by atoms with Crippen molar-refractivity contribution in [1.29, 1.82) is 0 Å². The summed E-state index contributed by atoms with van der Waals surface area (Å²) in [6.45, 7) is 1.64. The van der Waals surface area contributed by atoms with E-state index in [-0.39, 0.29) is 5.92 Å². The SMILES string of the molecule is CC(Cc1ccc(F)c(F)c1)C(N)=O. The number of nitrogens with two attached hydrogens (primary N) is 1. The topological polar surface area (TPSA) is 43.1 Å². The second-order valence-corrected chi connectivity index (χ2v) is 3.26. The number of carbonyl (C=O) groups excluding carboxylic acids is 1. The van der Waals surface area contributed by atoms with Crippen LogP contribution < -0.4 is 5.73 Å². The summed E-state index contributed by atoms with van der Waals surface area (Å²) >= 11 is 0. The zero-order valence-corrected chi connectivity index (χ0v) is 7.76. The maximum absolute atomic E-state index is 12.7. The third-order valence-corrected chi connectivity index (χ3v) is 2.01. The summed E-state index contributed by atoms with van der Waals surface area (Å²) in [6, 6.07) is 3.56. The summed E-state index contributed by atoms with van der Waals surface area (Å²) in [5.41, 5.74) is 5.61. The molecule has 0 heterocycles. The minimum absolute atomic E-state index is 0.326. The Kier molecular flexibility index (Phi) is 3.17. The standard InChI is InChI=1S/C10H11F2NO/c1-6(10(13)14)4-7-2-3-8(11)9(12)5-7/h2-3,5-6H,4H2,1H3,(H2,13,14). The monoisotopic (exact) mass is 199 g/mol. The number of benzene rings is 1. The van der Waals surface area contributed by atoms with Crippen molar-refractivity contribution in [2.45, 2.75) is 13.3 Å². The minimum Gasteiger partial charge on any atom is -0.369 e. The minimum atomic E-state index is -0.904. The lowest BCUT2D eigenvalue weighted by molar-refractivity contribution is -0.121. The Hall–Kier alpha value is -1.45. The molecule has 76 valence electrons. The van der Waals surface area contributed by atoms with Gasteiger partial charge in [0.2, 0.25) is 5.91 Å². The van der Waals surface area contributed by atoms with Gasteiger partial charge in [0, 0.05) is 5.92 Å². The number of rotatable bonds is 3. The summed E-state index contributed by atoms with van der Waals surface area (Å²) in [5.74, 6) is -2.62. The summed E-state index contributed by atoms with van der Waals surface area (Å²) in [7, 11) is 0. The van der Waals surface area contributed by atoms with E-state index in [1.165, 1.54) is 6.07 Å². The Labute approximate surface area is 80.7 Å². The van der Waals surface area contributed by atoms with Gasteiger partial charge in [0.1, 0.15) is 0 Å². The Balaban J connectivity index is 2.78. The first-order valence-corrected chi connectivity index (χ1v) is 4.24. The highest BCUT2D eigenvalue weighted by Crippen LogP contribution is 2.12. The van der Waals surface area contributed by atoms with Crippen molar-refractivity contribution in [3.8, 4) is 0 Å². The molecule has 0 spiro atoms. The van der Waals surface area contributed by atoms with Crippen molar-refractivity contribution in [3.63, 3.8) is 0 Å². The number of primary amides is 1. The highest BCUT2D eigenvalue weighted by Gasteiger charge is 2.10. The summed E-state index contributed by atoms with van der Waals surface area (Å²) in [6.07, 6.45) is 0.326. The number of carbonyl (C=O) groups is 1. The van der Waals surface area contributed by atoms with Crippen molar-refractivity contribution in [2.75, 3.05) is 0 Å². The Bertz CT molecular complexity index is 352. The molecular weight excluding hydrogens is 188 g/mol. The Morgan fingerprint density at radius 3 is 2.57 bits per heavy atom. The van der Waals surface area contributed by atoms with Gasteiger partial charge in [0.25, 0.3) is 0 Å². The van der Waals surface area contributed by atoms with Crippen molar-refractivity contribution < 1.29 is 13.6 Å². The molecule has 0 aromatic heterocycles. The van der Waals surface area contributed by atoms with Crippen molar-refractivity contribution in [1.82, 2.24) is 0 Å². The van der Waals surface area contributed by atoms with Crippen LogP contribution in [-0.2, 0) is 11.2 Å². The average Bonchev–Trinajstić information content (AvgIpc) is 2.11. The predicted molar refractivity (Wildman–Crippen MR) is 48.4 cm³/mol. The molecule has 0 saturated heterocycles. The van der Waals surface area contributed by atoms with E-state index in [0.717, 1.165) is 12.1 Å². The van der Waals surface area contributed by atoms with Gasteiger partial charge in [0.05, 0.1) is 0 Å². The summed E-state index contributed by atoms with van der Waals surface area (Å²) in [5, 5.41) is 0. The Morgan fingerprint density at radius 1 is 1.43 bits per heavy atom. The first kappa shape index (κ1) is 10.6. The third kappa shape index (κ3) is 2.52. The molecule has 0 aliphatic carbocycles. The first-order chi connectivity index (χ1) is 6.50. The van der Waals surface area contributed by atoms with Gasteiger partial charge in [-0.15, -0.1) is 0 Å². The van der Waals surface area contributed by atoms with Crippen LogP contribution in [0.5, 0.6) is 0 Å². The van der Waals surface area contributed by atoms with Gasteiger partial charge in [-0.25, -0.2) is 8.78 Å². The van der Waals surface area contributed by atoms with E-state index in [1.807, 2.05) is 0 Å². The van der Waals surface area contributed by atoms with Crippen molar-refractivity contribution in [3.05, 3.63) is 35.4 Å². The van der Waals surface area contributed by atoms with Crippen LogP contribution in [0.1, 0.15) is 12.5 Å². The fourth-order valence-corrected chi connectivity index (χ4v) is 1.12. The van der Waals surface area contributed by atoms with E-state index in [0.29, 0.717) is 12.0 Å².